The Morgan fingerprint density at radius 1 is 1.53 bits per heavy atom. The lowest BCUT2D eigenvalue weighted by Gasteiger charge is -2.03. The maximum absolute atomic E-state index is 11.0. The number of hydrogen-bond acceptors (Lipinski definition) is 3. The molecule has 0 atom stereocenters. The highest BCUT2D eigenvalue weighted by Crippen LogP contribution is 2.20. The molecule has 3 nitrogen and oxygen atoms in total. The molecule has 82 valence electrons. The first-order valence-electron chi connectivity index (χ1n) is 4.37. The van der Waals surface area contributed by atoms with Gasteiger partial charge >= 0.3 is 0 Å². The predicted octanol–water partition coefficient (Wildman–Crippen LogP) is 2.25. The van der Waals surface area contributed by atoms with Gasteiger partial charge in [-0.25, -0.2) is 5.48 Å². The molecule has 1 aromatic carbocycles. The molecule has 0 saturated heterocycles. The molecule has 0 bridgehead atoms. The Kier molecular flexibility index (Phi) is 5.53. The van der Waals surface area contributed by atoms with Crippen LogP contribution < -0.4 is 5.48 Å². The highest BCUT2D eigenvalue weighted by Gasteiger charge is 2.02. The topological polar surface area (TPSA) is 38.3 Å². The van der Waals surface area contributed by atoms with Crippen molar-refractivity contribution in [2.24, 2.45) is 0 Å². The van der Waals surface area contributed by atoms with Crippen molar-refractivity contribution < 1.29 is 9.63 Å². The molecule has 0 aromatic heterocycles. The molecule has 15 heavy (non-hydrogen) atoms. The molecule has 0 spiro atoms. The zero-order chi connectivity index (χ0) is 11.1. The van der Waals surface area contributed by atoms with Crippen molar-refractivity contribution in [3.63, 3.8) is 0 Å². The summed E-state index contributed by atoms with van der Waals surface area (Å²) in [6, 6.07) is 7.60. The number of thioether (sulfide) groups is 1. The Balaban J connectivity index is 2.32. The Labute approximate surface area is 98.1 Å². The minimum Gasteiger partial charge on any atom is -0.277 e. The number of rotatable bonds is 5. The molecular weight excluding hydrogens is 234 g/mol. The molecular formula is C10H12ClNO2S. The highest BCUT2D eigenvalue weighted by atomic mass is 35.5. The molecule has 0 fully saturated rings. The van der Waals surface area contributed by atoms with Crippen molar-refractivity contribution in [3.8, 4) is 0 Å². The molecule has 0 aliphatic rings. The third-order valence-electron chi connectivity index (χ3n) is 1.66. The van der Waals surface area contributed by atoms with Crippen LogP contribution in [0.15, 0.2) is 24.3 Å². The molecule has 5 heteroatoms. The average Bonchev–Trinajstić information content (AvgIpc) is 2.21. The van der Waals surface area contributed by atoms with Gasteiger partial charge in [0.15, 0.2) is 0 Å². The molecule has 0 heterocycles. The summed E-state index contributed by atoms with van der Waals surface area (Å²) < 4.78 is 0. The average molecular weight is 246 g/mol. The van der Waals surface area contributed by atoms with Crippen molar-refractivity contribution in [2.45, 2.75) is 5.75 Å². The zero-order valence-electron chi connectivity index (χ0n) is 8.33. The van der Waals surface area contributed by atoms with Crippen LogP contribution in [-0.2, 0) is 15.4 Å². The van der Waals surface area contributed by atoms with E-state index in [1.807, 2.05) is 24.3 Å². The Bertz CT molecular complexity index is 333. The third-order valence-corrected chi connectivity index (χ3v) is 3.01. The van der Waals surface area contributed by atoms with Gasteiger partial charge in [-0.2, -0.15) is 0 Å². The predicted molar refractivity (Wildman–Crippen MR) is 62.8 cm³/mol. The number of hydroxylamine groups is 1. The lowest BCUT2D eigenvalue weighted by molar-refractivity contribution is -0.128. The summed E-state index contributed by atoms with van der Waals surface area (Å²) in [6.07, 6.45) is 0. The molecule has 0 saturated carbocycles. The van der Waals surface area contributed by atoms with Crippen molar-refractivity contribution >= 4 is 29.3 Å². The van der Waals surface area contributed by atoms with Crippen LogP contribution in [0.3, 0.4) is 0 Å². The molecule has 1 rings (SSSR count). The van der Waals surface area contributed by atoms with Crippen molar-refractivity contribution in [3.05, 3.63) is 34.9 Å². The number of hydrogen-bond donors (Lipinski definition) is 1. The molecule has 0 aliphatic heterocycles. The van der Waals surface area contributed by atoms with Crippen LogP contribution in [0.4, 0.5) is 0 Å². The maximum atomic E-state index is 11.0. The van der Waals surface area contributed by atoms with Gasteiger partial charge in [0.2, 0.25) is 0 Å². The van der Waals surface area contributed by atoms with E-state index in [1.54, 1.807) is 0 Å². The van der Waals surface area contributed by atoms with Crippen LogP contribution in [0.1, 0.15) is 5.56 Å². The summed E-state index contributed by atoms with van der Waals surface area (Å²) in [5.74, 6) is 0.935. The van der Waals surface area contributed by atoms with Gasteiger partial charge in [0.05, 0.1) is 12.9 Å². The fourth-order valence-corrected chi connectivity index (χ4v) is 2.11. The molecule has 0 unspecified atom stereocenters. The zero-order valence-corrected chi connectivity index (χ0v) is 9.90. The standard InChI is InChI=1S/C10H12ClNO2S/c1-14-12-10(13)7-15-6-8-4-2-3-5-9(8)11/h2-5H,6-7H2,1H3,(H,12,13). The quantitative estimate of drug-likeness (QED) is 0.809. The third kappa shape index (κ3) is 4.55. The Morgan fingerprint density at radius 3 is 2.93 bits per heavy atom. The number of halogens is 1. The van der Waals surface area contributed by atoms with Gasteiger partial charge in [-0.15, -0.1) is 11.8 Å². The Morgan fingerprint density at radius 2 is 2.27 bits per heavy atom. The fraction of sp³-hybridized carbons (Fsp3) is 0.300. The number of nitrogens with one attached hydrogen (secondary N) is 1. The molecule has 1 amide bonds. The summed E-state index contributed by atoms with van der Waals surface area (Å²) in [4.78, 5) is 15.5. The van der Waals surface area contributed by atoms with E-state index in [4.69, 9.17) is 11.6 Å². The molecule has 1 aromatic rings. The van der Waals surface area contributed by atoms with Crippen LogP contribution in [0.2, 0.25) is 5.02 Å². The van der Waals surface area contributed by atoms with Crippen molar-refractivity contribution in [2.75, 3.05) is 12.9 Å². The second-order valence-corrected chi connectivity index (χ2v) is 4.21. The monoisotopic (exact) mass is 245 g/mol. The molecule has 0 aliphatic carbocycles. The summed E-state index contributed by atoms with van der Waals surface area (Å²) in [5.41, 5.74) is 3.29. The largest absolute Gasteiger partial charge is 0.277 e. The van der Waals surface area contributed by atoms with E-state index in [-0.39, 0.29) is 5.91 Å². The van der Waals surface area contributed by atoms with Crippen LogP contribution in [0.5, 0.6) is 0 Å². The Hall–Kier alpha value is -0.710. The van der Waals surface area contributed by atoms with Crippen LogP contribution in [-0.4, -0.2) is 18.8 Å². The van der Waals surface area contributed by atoms with E-state index in [2.05, 4.69) is 10.3 Å². The van der Waals surface area contributed by atoms with Crippen molar-refractivity contribution in [1.29, 1.82) is 0 Å². The summed E-state index contributed by atoms with van der Waals surface area (Å²) >= 11 is 7.45. The minimum absolute atomic E-state index is 0.144. The minimum atomic E-state index is -0.144. The first kappa shape index (κ1) is 12.4. The second-order valence-electron chi connectivity index (χ2n) is 2.81. The van der Waals surface area contributed by atoms with E-state index in [9.17, 15) is 4.79 Å². The van der Waals surface area contributed by atoms with Crippen LogP contribution in [0.25, 0.3) is 0 Å². The van der Waals surface area contributed by atoms with Gasteiger partial charge in [-0.05, 0) is 11.6 Å². The SMILES string of the molecule is CONC(=O)CSCc1ccccc1Cl. The normalized spacial score (nSPS) is 10.0. The first-order valence-corrected chi connectivity index (χ1v) is 5.90. The number of carbonyl (C=O) groups excluding carboxylic acids is 1. The number of amides is 1. The van der Waals surface area contributed by atoms with E-state index < -0.39 is 0 Å². The fourth-order valence-electron chi connectivity index (χ4n) is 1.01. The van der Waals surface area contributed by atoms with Gasteiger partial charge in [-0.3, -0.25) is 9.63 Å². The second kappa shape index (κ2) is 6.71. The number of carbonyl (C=O) groups is 1. The van der Waals surface area contributed by atoms with E-state index in [0.29, 0.717) is 5.75 Å². The number of benzene rings is 1. The summed E-state index contributed by atoms with van der Waals surface area (Å²) in [6.45, 7) is 0. The van der Waals surface area contributed by atoms with Gasteiger partial charge in [0.1, 0.15) is 0 Å². The van der Waals surface area contributed by atoms with E-state index in [1.165, 1.54) is 18.9 Å². The lowest BCUT2D eigenvalue weighted by Crippen LogP contribution is -2.23. The summed E-state index contributed by atoms with van der Waals surface area (Å²) in [7, 11) is 1.41. The van der Waals surface area contributed by atoms with Gasteiger partial charge < -0.3 is 0 Å². The molecule has 0 radical (unpaired) electrons. The van der Waals surface area contributed by atoms with Gasteiger partial charge in [-0.1, -0.05) is 29.8 Å². The van der Waals surface area contributed by atoms with Gasteiger partial charge in [0.25, 0.3) is 5.91 Å². The maximum Gasteiger partial charge on any atom is 0.253 e. The lowest BCUT2D eigenvalue weighted by atomic mass is 10.2. The van der Waals surface area contributed by atoms with Crippen molar-refractivity contribution in [1.82, 2.24) is 5.48 Å². The van der Waals surface area contributed by atoms with E-state index in [0.717, 1.165) is 16.3 Å². The van der Waals surface area contributed by atoms with Gasteiger partial charge in [0, 0.05) is 10.8 Å². The summed E-state index contributed by atoms with van der Waals surface area (Å²) in [5, 5.41) is 0.733. The van der Waals surface area contributed by atoms with Crippen LogP contribution >= 0.6 is 23.4 Å². The van der Waals surface area contributed by atoms with Crippen LogP contribution in [0, 0.1) is 0 Å². The smallest absolute Gasteiger partial charge is 0.253 e. The first-order chi connectivity index (χ1) is 7.24. The molecule has 1 N–H and O–H groups in total. The highest BCUT2D eigenvalue weighted by molar-refractivity contribution is 7.99. The van der Waals surface area contributed by atoms with E-state index >= 15 is 0 Å².